The van der Waals surface area contributed by atoms with Gasteiger partial charge in [-0.15, -0.1) is 23.6 Å². The zero-order chi connectivity index (χ0) is 59.9. The molecule has 10 aromatic carbocycles. The Morgan fingerprint density at radius 2 is 1.08 bits per heavy atom. The molecule has 0 radical (unpaired) electrons. The van der Waals surface area contributed by atoms with Gasteiger partial charge in [0.05, 0.1) is 30.4 Å². The van der Waals surface area contributed by atoms with Gasteiger partial charge in [0.25, 0.3) is 14.6 Å². The second-order valence-electron chi connectivity index (χ2n) is 19.6. The summed E-state index contributed by atoms with van der Waals surface area (Å²) >= 11 is 0. The number of nitrogens with zero attached hydrogens (tertiary/aromatic N) is 5. The van der Waals surface area contributed by atoms with Gasteiger partial charge in [-0.2, -0.15) is 24.3 Å². The number of anilines is 2. The summed E-state index contributed by atoms with van der Waals surface area (Å²) in [7, 11) is -3.59. The van der Waals surface area contributed by atoms with Gasteiger partial charge in [-0.05, 0) is 78.1 Å². The summed E-state index contributed by atoms with van der Waals surface area (Å²) < 4.78 is 97.3. The first kappa shape index (κ1) is 38.8. The van der Waals surface area contributed by atoms with Crippen molar-refractivity contribution in [2.75, 3.05) is 4.57 Å². The minimum Gasteiger partial charge on any atom is -0.401 e. The van der Waals surface area contributed by atoms with Gasteiger partial charge in [-0.3, -0.25) is 4.57 Å². The maximum Gasteiger partial charge on any atom is 0.268 e. The predicted molar refractivity (Wildman–Crippen MR) is 316 cm³/mol. The Morgan fingerprint density at radius 3 is 1.69 bits per heavy atom. The first-order chi connectivity index (χ1) is 41.5. The van der Waals surface area contributed by atoms with Gasteiger partial charge in [0.2, 0.25) is 0 Å². The van der Waals surface area contributed by atoms with E-state index in [1.165, 1.54) is 0 Å². The Labute approximate surface area is 480 Å². The summed E-state index contributed by atoms with van der Waals surface area (Å²) in [6.45, 7) is 6.60. The molecule has 5 nitrogen and oxygen atoms in total. The number of hydrogen-bond acceptors (Lipinski definition) is 2. The van der Waals surface area contributed by atoms with Crippen molar-refractivity contribution in [3.05, 3.63) is 291 Å². The Balaban J connectivity index is 0.00000739. The van der Waals surface area contributed by atoms with Crippen molar-refractivity contribution < 1.29 is 39.3 Å². The molecule has 0 aliphatic rings. The molecule has 3 aromatic heterocycles. The molecule has 0 saturated carbocycles. The fourth-order valence-electron chi connectivity index (χ4n) is 10.7. The first-order valence-corrected chi connectivity index (χ1v) is 27.1. The second kappa shape index (κ2) is 20.5. The molecule has 0 amide bonds. The topological polar surface area (TPSA) is 29.9 Å². The quantitative estimate of drug-likeness (QED) is 0.0559. The van der Waals surface area contributed by atoms with Gasteiger partial charge in [0.1, 0.15) is 5.82 Å². The Kier molecular flexibility index (Phi) is 10.3. The molecule has 0 saturated heterocycles. The number of benzene rings is 10. The monoisotopic (exact) mass is 1200 g/mol. The summed E-state index contributed by atoms with van der Waals surface area (Å²) in [5, 5.41) is 5.32. The van der Waals surface area contributed by atoms with E-state index >= 15 is 0 Å². The third-order valence-corrected chi connectivity index (χ3v) is 18.8. The molecule has 0 N–H and O–H groups in total. The molecular weight excluding hydrogens is 1130 g/mol. The van der Waals surface area contributed by atoms with Crippen LogP contribution >= 0.6 is 0 Å². The van der Waals surface area contributed by atoms with Crippen LogP contribution in [0.25, 0.3) is 72.3 Å². The van der Waals surface area contributed by atoms with Crippen LogP contribution in [0.4, 0.5) is 11.4 Å². The van der Waals surface area contributed by atoms with Crippen LogP contribution in [0.3, 0.4) is 0 Å². The zero-order valence-electron chi connectivity index (χ0n) is 52.2. The minimum atomic E-state index is -3.59. The number of para-hydroxylation sites is 4. The summed E-state index contributed by atoms with van der Waals surface area (Å²) in [6.07, 6.45) is 5.47. The average molecular weight is 1200 g/mol. The minimum absolute atomic E-state index is 0. The van der Waals surface area contributed by atoms with Gasteiger partial charge >= 0.3 is 0 Å². The van der Waals surface area contributed by atoms with Gasteiger partial charge in [-0.1, -0.05) is 250 Å². The molecule has 77 heavy (non-hydrogen) atoms. The van der Waals surface area contributed by atoms with E-state index in [1.807, 2.05) is 71.4 Å². The predicted octanol–water partition coefficient (Wildman–Crippen LogP) is 14.2. The van der Waals surface area contributed by atoms with E-state index in [4.69, 9.17) is 13.2 Å². The van der Waals surface area contributed by atoms with Gasteiger partial charge in [0.15, 0.2) is 0 Å². The van der Waals surface area contributed by atoms with E-state index < -0.39 is 68.7 Å². The molecule has 374 valence electrons. The number of aromatic nitrogens is 4. The second-order valence-corrected chi connectivity index (χ2v) is 23.2. The Bertz CT molecular complexity index is 4600. The molecule has 0 unspecified atom stereocenters. The van der Waals surface area contributed by atoms with Crippen molar-refractivity contribution in [2.45, 2.75) is 26.2 Å². The van der Waals surface area contributed by atoms with E-state index in [0.29, 0.717) is 22.4 Å². The van der Waals surface area contributed by atoms with Crippen LogP contribution in [-0.2, 0) is 26.5 Å². The SMILES string of the molecule is [2H]c1c([2H])c([2H])c(-c2cccc(-c3c([2H])c([2H])c([2H])c([2H])c3[2H])c2-[n+]2[c-]n(-c3[c-]c(N(c4[c-]c5c(cc4)c4ccccc4n5-c4cc(C(C)(C)C)ccn4)[Si](c4ccccc4)(c4ccccc4)c4ccccc4)ccc3)c3ccccc32)c([2H])c1[2H].[Pt]. The maximum atomic E-state index is 9.25. The van der Waals surface area contributed by atoms with Crippen molar-refractivity contribution in [3.63, 3.8) is 0 Å². The van der Waals surface area contributed by atoms with Gasteiger partial charge in [0, 0.05) is 32.8 Å². The molecule has 7 heteroatoms. The maximum absolute atomic E-state index is 9.25. The third kappa shape index (κ3) is 8.64. The number of fused-ring (bicyclic) bond motifs is 4. The van der Waals surface area contributed by atoms with Crippen LogP contribution in [0.1, 0.15) is 40.0 Å². The molecule has 13 rings (SSSR count). The van der Waals surface area contributed by atoms with Crippen LogP contribution in [0.15, 0.2) is 267 Å². The smallest absolute Gasteiger partial charge is 0.268 e. The van der Waals surface area contributed by atoms with E-state index in [2.05, 4.69) is 170 Å². The zero-order valence-corrected chi connectivity index (χ0v) is 45.5. The number of hydrogen-bond donors (Lipinski definition) is 0. The largest absolute Gasteiger partial charge is 0.401 e. The molecule has 0 fully saturated rings. The molecule has 3 heterocycles. The molecule has 13 aromatic rings. The summed E-state index contributed by atoms with van der Waals surface area (Å²) in [4.78, 5) is 5.04. The van der Waals surface area contributed by atoms with Crippen molar-refractivity contribution in [1.29, 1.82) is 0 Å². The molecule has 0 aliphatic heterocycles. The van der Waals surface area contributed by atoms with Gasteiger partial charge in [-0.25, -0.2) is 4.98 Å². The summed E-state index contributed by atoms with van der Waals surface area (Å²) in [6, 6.07) is 69.8. The van der Waals surface area contributed by atoms with Crippen LogP contribution in [0.2, 0.25) is 0 Å². The van der Waals surface area contributed by atoms with E-state index in [0.717, 1.165) is 54.4 Å². The van der Waals surface area contributed by atoms with Crippen molar-refractivity contribution in [1.82, 2.24) is 14.1 Å². The standard InChI is InChI=1S/C70H53N5Si.Pt/c1-70(2,3)53-45-46-71-68(47-53)74-64-40-20-19-37-62(64)63-44-43-56(49-67(63)74)75(76(57-31-13-6-14-32-57,58-33-15-7-16-34-58)59-35-17-8-18-36-59)55-30-23-29-54(48-55)72-50-73(66-42-22-21-41-65(66)72)69-60(51-25-9-4-10-26-51)38-24-39-61(69)52-27-11-5-12-28-52;/h4-47H,1-3H3;/q-2;/i4D,5D,9D,10D,11D,12D,25D,26D,27D,28D;. The number of imidazole rings is 1. The van der Waals surface area contributed by atoms with E-state index in [9.17, 15) is 5.48 Å². The van der Waals surface area contributed by atoms with Crippen molar-refractivity contribution >= 4 is 68.0 Å². The van der Waals surface area contributed by atoms with Crippen LogP contribution in [0, 0.1) is 18.5 Å². The molecule has 0 atom stereocenters. The number of rotatable bonds is 11. The van der Waals surface area contributed by atoms with E-state index in [1.54, 1.807) is 22.8 Å². The third-order valence-electron chi connectivity index (χ3n) is 14.2. The molecule has 0 bridgehead atoms. The average Bonchev–Trinajstić information content (AvgIpc) is 1.71. The normalized spacial score (nSPS) is 13.5. The summed E-state index contributed by atoms with van der Waals surface area (Å²) in [5.41, 5.74) is 6.13. The summed E-state index contributed by atoms with van der Waals surface area (Å²) in [5.74, 6) is 0.765. The van der Waals surface area contributed by atoms with Crippen molar-refractivity contribution in [3.8, 4) is 39.4 Å². The van der Waals surface area contributed by atoms with Crippen LogP contribution < -0.4 is 24.7 Å². The fourth-order valence-corrected chi connectivity index (χ4v) is 15.5. The Hall–Kier alpha value is -8.67. The van der Waals surface area contributed by atoms with Crippen molar-refractivity contribution in [2.24, 2.45) is 0 Å². The number of pyridine rings is 1. The molecular formula is C70H53N5PtSi-2. The van der Waals surface area contributed by atoms with Gasteiger partial charge < -0.3 is 13.7 Å². The van der Waals surface area contributed by atoms with E-state index in [-0.39, 0.29) is 54.4 Å². The van der Waals surface area contributed by atoms with Crippen LogP contribution in [0.5, 0.6) is 0 Å². The Morgan fingerprint density at radius 1 is 0.532 bits per heavy atom. The fraction of sp³-hybridized carbons (Fsp3) is 0.0571. The molecule has 0 aliphatic carbocycles. The van der Waals surface area contributed by atoms with Crippen LogP contribution in [-0.4, -0.2) is 22.4 Å². The molecule has 0 spiro atoms. The first-order valence-electron chi connectivity index (χ1n) is 30.1.